The molecule has 1 amide bonds. The topological polar surface area (TPSA) is 32.3 Å². The number of hydrogen-bond acceptors (Lipinski definition) is 2. The molecule has 0 aliphatic carbocycles. The van der Waals surface area contributed by atoms with E-state index in [9.17, 15) is 4.79 Å². The van der Waals surface area contributed by atoms with Gasteiger partial charge in [0.1, 0.15) is 0 Å². The van der Waals surface area contributed by atoms with E-state index in [-0.39, 0.29) is 5.91 Å². The fourth-order valence-electron chi connectivity index (χ4n) is 3.28. The highest BCUT2D eigenvalue weighted by Gasteiger charge is 2.34. The van der Waals surface area contributed by atoms with Crippen molar-refractivity contribution in [3.8, 4) is 0 Å². The number of carbonyl (C=O) groups is 1. The van der Waals surface area contributed by atoms with Crippen LogP contribution in [0.3, 0.4) is 0 Å². The molecule has 0 spiro atoms. The van der Waals surface area contributed by atoms with E-state index in [0.717, 1.165) is 17.7 Å². The van der Waals surface area contributed by atoms with Crippen LogP contribution in [0.25, 0.3) is 6.08 Å². The smallest absolute Gasteiger partial charge is 0.247 e. The average molecular weight is 270 g/mol. The number of carbonyl (C=O) groups excluding carboxylic acids is 1. The van der Waals surface area contributed by atoms with Crippen LogP contribution in [0.5, 0.6) is 0 Å². The zero-order chi connectivity index (χ0) is 13.9. The van der Waals surface area contributed by atoms with Crippen molar-refractivity contribution >= 4 is 12.0 Å². The van der Waals surface area contributed by atoms with Gasteiger partial charge in [0.05, 0.1) is 0 Å². The van der Waals surface area contributed by atoms with Gasteiger partial charge in [-0.15, -0.1) is 0 Å². The molecule has 0 unspecified atom stereocenters. The lowest BCUT2D eigenvalue weighted by atomic mass is 9.84. The summed E-state index contributed by atoms with van der Waals surface area (Å²) in [6, 6.07) is 10.3. The van der Waals surface area contributed by atoms with Crippen LogP contribution >= 0.6 is 0 Å². The molecule has 3 heteroatoms. The third-order valence-electron chi connectivity index (χ3n) is 4.51. The molecule has 3 heterocycles. The van der Waals surface area contributed by atoms with Gasteiger partial charge < -0.3 is 10.2 Å². The first-order valence-electron chi connectivity index (χ1n) is 7.49. The summed E-state index contributed by atoms with van der Waals surface area (Å²) in [5, 5.41) is 3.22. The number of nitrogens with zero attached hydrogens (tertiary/aromatic N) is 1. The maximum atomic E-state index is 12.3. The predicted octanol–water partition coefficient (Wildman–Crippen LogP) is 2.30. The second kappa shape index (κ2) is 5.80. The number of fused-ring (bicyclic) bond motifs is 3. The number of amides is 1. The molecule has 1 N–H and O–H groups in total. The van der Waals surface area contributed by atoms with Crippen molar-refractivity contribution in [2.75, 3.05) is 19.6 Å². The van der Waals surface area contributed by atoms with Crippen LogP contribution in [-0.2, 0) is 4.79 Å². The van der Waals surface area contributed by atoms with Crippen molar-refractivity contribution in [1.29, 1.82) is 0 Å². The van der Waals surface area contributed by atoms with E-state index >= 15 is 0 Å². The normalized spacial score (nSPS) is 29.2. The molecule has 1 atom stereocenters. The first kappa shape index (κ1) is 13.4. The lowest BCUT2D eigenvalue weighted by molar-refractivity contribution is -0.119. The molecule has 2 bridgehead atoms. The van der Waals surface area contributed by atoms with E-state index in [4.69, 9.17) is 0 Å². The van der Waals surface area contributed by atoms with Crippen LogP contribution in [0.2, 0.25) is 0 Å². The van der Waals surface area contributed by atoms with E-state index in [2.05, 4.69) is 10.2 Å². The van der Waals surface area contributed by atoms with Crippen molar-refractivity contribution < 1.29 is 4.79 Å². The van der Waals surface area contributed by atoms with E-state index in [1.165, 1.54) is 25.9 Å². The quantitative estimate of drug-likeness (QED) is 0.855. The highest BCUT2D eigenvalue weighted by molar-refractivity contribution is 5.97. The Morgan fingerprint density at radius 1 is 1.25 bits per heavy atom. The van der Waals surface area contributed by atoms with E-state index in [1.54, 1.807) is 0 Å². The molecule has 20 heavy (non-hydrogen) atoms. The standard InChI is InChI=1S/C17H22N2O/c1-13(11-14-5-3-2-4-6-14)17(20)18-16-12-19-9-7-15(16)8-10-19/h2-6,11,15-16H,7-10,12H2,1H3,(H,18,20)/b13-11+/t16-/m0/s1. The number of benzene rings is 1. The van der Waals surface area contributed by atoms with Crippen molar-refractivity contribution in [2.24, 2.45) is 5.92 Å². The van der Waals surface area contributed by atoms with Gasteiger partial charge in [0, 0.05) is 18.2 Å². The number of rotatable bonds is 3. The summed E-state index contributed by atoms with van der Waals surface area (Å²) in [5.41, 5.74) is 1.86. The van der Waals surface area contributed by atoms with Crippen LogP contribution in [-0.4, -0.2) is 36.5 Å². The van der Waals surface area contributed by atoms with Gasteiger partial charge in [-0.25, -0.2) is 0 Å². The van der Waals surface area contributed by atoms with Gasteiger partial charge in [-0.3, -0.25) is 4.79 Å². The lowest BCUT2D eigenvalue weighted by Gasteiger charge is -2.44. The number of hydrogen-bond donors (Lipinski definition) is 1. The Bertz CT molecular complexity index is 501. The molecule has 3 nitrogen and oxygen atoms in total. The third kappa shape index (κ3) is 2.93. The van der Waals surface area contributed by atoms with Gasteiger partial charge in [-0.1, -0.05) is 30.3 Å². The van der Waals surface area contributed by atoms with Crippen LogP contribution in [0.4, 0.5) is 0 Å². The Labute approximate surface area is 120 Å². The molecule has 0 saturated carbocycles. The van der Waals surface area contributed by atoms with Gasteiger partial charge in [-0.05, 0) is 50.4 Å². The monoisotopic (exact) mass is 270 g/mol. The SMILES string of the molecule is C/C(=C\c1ccccc1)C(=O)N[C@H]1CN2CCC1CC2. The van der Waals surface area contributed by atoms with Crippen molar-refractivity contribution in [2.45, 2.75) is 25.8 Å². The Kier molecular flexibility index (Phi) is 3.88. The molecule has 1 aromatic rings. The summed E-state index contributed by atoms with van der Waals surface area (Å²) < 4.78 is 0. The largest absolute Gasteiger partial charge is 0.348 e. The molecule has 3 saturated heterocycles. The van der Waals surface area contributed by atoms with Gasteiger partial charge in [0.2, 0.25) is 5.91 Å². The molecule has 3 aliphatic rings. The summed E-state index contributed by atoms with van der Waals surface area (Å²) in [5.74, 6) is 0.751. The Morgan fingerprint density at radius 2 is 1.95 bits per heavy atom. The zero-order valence-corrected chi connectivity index (χ0v) is 12.0. The molecule has 3 fully saturated rings. The molecule has 106 valence electrons. The second-order valence-corrected chi connectivity index (χ2v) is 5.96. The van der Waals surface area contributed by atoms with Crippen LogP contribution < -0.4 is 5.32 Å². The summed E-state index contributed by atoms with van der Waals surface area (Å²) in [6.07, 6.45) is 4.41. The molecule has 1 aromatic carbocycles. The van der Waals surface area contributed by atoms with Gasteiger partial charge in [-0.2, -0.15) is 0 Å². The average Bonchev–Trinajstić information content (AvgIpc) is 2.49. The first-order chi connectivity index (χ1) is 9.72. The molecule has 0 aromatic heterocycles. The molecular formula is C17H22N2O. The highest BCUT2D eigenvalue weighted by atomic mass is 16.1. The second-order valence-electron chi connectivity index (χ2n) is 5.96. The van der Waals surface area contributed by atoms with Gasteiger partial charge in [0.15, 0.2) is 0 Å². The van der Waals surface area contributed by atoms with Crippen molar-refractivity contribution in [3.05, 3.63) is 41.5 Å². The minimum atomic E-state index is 0.0765. The summed E-state index contributed by atoms with van der Waals surface area (Å²) in [6.45, 7) is 5.32. The van der Waals surface area contributed by atoms with Crippen molar-refractivity contribution in [3.63, 3.8) is 0 Å². The zero-order valence-electron chi connectivity index (χ0n) is 12.0. The van der Waals surface area contributed by atoms with E-state index in [0.29, 0.717) is 12.0 Å². The highest BCUT2D eigenvalue weighted by Crippen LogP contribution is 2.27. The summed E-state index contributed by atoms with van der Waals surface area (Å²) in [7, 11) is 0. The predicted molar refractivity (Wildman–Crippen MR) is 81.2 cm³/mol. The summed E-state index contributed by atoms with van der Waals surface area (Å²) >= 11 is 0. The Morgan fingerprint density at radius 3 is 2.55 bits per heavy atom. The minimum Gasteiger partial charge on any atom is -0.348 e. The van der Waals surface area contributed by atoms with Crippen LogP contribution in [0, 0.1) is 5.92 Å². The van der Waals surface area contributed by atoms with E-state index in [1.807, 2.05) is 43.3 Å². The summed E-state index contributed by atoms with van der Waals surface area (Å²) in [4.78, 5) is 14.8. The Balaban J connectivity index is 1.63. The maximum Gasteiger partial charge on any atom is 0.247 e. The first-order valence-corrected chi connectivity index (χ1v) is 7.49. The van der Waals surface area contributed by atoms with Crippen LogP contribution in [0.15, 0.2) is 35.9 Å². The van der Waals surface area contributed by atoms with E-state index < -0.39 is 0 Å². The fourth-order valence-corrected chi connectivity index (χ4v) is 3.28. The maximum absolute atomic E-state index is 12.3. The molecule has 0 radical (unpaired) electrons. The van der Waals surface area contributed by atoms with Gasteiger partial charge >= 0.3 is 0 Å². The minimum absolute atomic E-state index is 0.0765. The van der Waals surface area contributed by atoms with Gasteiger partial charge in [0.25, 0.3) is 0 Å². The Hall–Kier alpha value is -1.61. The van der Waals surface area contributed by atoms with Crippen molar-refractivity contribution in [1.82, 2.24) is 10.2 Å². The molecule has 4 rings (SSSR count). The van der Waals surface area contributed by atoms with Crippen LogP contribution in [0.1, 0.15) is 25.3 Å². The molecule has 3 aliphatic heterocycles. The third-order valence-corrected chi connectivity index (χ3v) is 4.51. The molecular weight excluding hydrogens is 248 g/mol. The fraction of sp³-hybridized carbons (Fsp3) is 0.471. The number of nitrogens with one attached hydrogen (secondary N) is 1. The lowest BCUT2D eigenvalue weighted by Crippen LogP contribution is -2.57. The number of piperidine rings is 3.